The van der Waals surface area contributed by atoms with Gasteiger partial charge < -0.3 is 9.47 Å². The summed E-state index contributed by atoms with van der Waals surface area (Å²) in [7, 11) is 1.27. The van der Waals surface area contributed by atoms with Crippen LogP contribution in [0.1, 0.15) is 30.0 Å². The van der Waals surface area contributed by atoms with E-state index in [4.69, 9.17) is 21.3 Å². The predicted octanol–water partition coefficient (Wildman–Crippen LogP) is 4.66. The Morgan fingerprint density at radius 1 is 1.21 bits per heavy atom. The zero-order chi connectivity index (χ0) is 24.1. The number of methoxy groups -OCH3 is 1. The van der Waals surface area contributed by atoms with Gasteiger partial charge in [0.1, 0.15) is 0 Å². The Bertz CT molecular complexity index is 1180. The monoisotopic (exact) mass is 483 g/mol. The van der Waals surface area contributed by atoms with Crippen LogP contribution < -0.4 is 0 Å². The molecule has 0 amide bonds. The molecule has 3 aromatic rings. The number of aromatic nitrogens is 1. The lowest BCUT2D eigenvalue weighted by Gasteiger charge is -2.27. The Morgan fingerprint density at radius 2 is 1.94 bits per heavy atom. The number of nitro groups is 1. The quantitative estimate of drug-likeness (QED) is 0.261. The first-order valence-corrected chi connectivity index (χ1v) is 11.5. The van der Waals surface area contributed by atoms with E-state index in [2.05, 4.69) is 15.7 Å². The predicted molar refractivity (Wildman–Crippen MR) is 129 cm³/mol. The minimum atomic E-state index is -0.978. The normalized spacial score (nSPS) is 15.2. The summed E-state index contributed by atoms with van der Waals surface area (Å²) in [5, 5.41) is 13.2. The van der Waals surface area contributed by atoms with Gasteiger partial charge in [0.15, 0.2) is 0 Å². The van der Waals surface area contributed by atoms with Crippen molar-refractivity contribution in [1.82, 2.24) is 9.88 Å². The van der Waals surface area contributed by atoms with E-state index in [0.29, 0.717) is 10.6 Å². The molecular weight excluding hydrogens is 458 g/mol. The van der Waals surface area contributed by atoms with Crippen LogP contribution >= 0.6 is 11.6 Å². The third-order valence-corrected chi connectivity index (χ3v) is 6.29. The van der Waals surface area contributed by atoms with Crippen LogP contribution in [-0.2, 0) is 20.8 Å². The van der Waals surface area contributed by atoms with Gasteiger partial charge in [-0.25, -0.2) is 4.98 Å². The van der Waals surface area contributed by atoms with Crippen LogP contribution in [0.2, 0.25) is 5.02 Å². The second-order valence-electron chi connectivity index (χ2n) is 8.25. The van der Waals surface area contributed by atoms with Gasteiger partial charge in [0.05, 0.1) is 38.0 Å². The van der Waals surface area contributed by atoms with Crippen molar-refractivity contribution in [2.24, 2.45) is 0 Å². The fourth-order valence-electron chi connectivity index (χ4n) is 4.18. The van der Waals surface area contributed by atoms with E-state index in [1.807, 2.05) is 30.3 Å². The Morgan fingerprint density at radius 3 is 2.62 bits per heavy atom. The van der Waals surface area contributed by atoms with Crippen molar-refractivity contribution in [3.63, 3.8) is 0 Å². The minimum absolute atomic E-state index is 0.0121. The number of pyridine rings is 1. The fraction of sp³-hybridized carbons (Fsp3) is 0.360. The van der Waals surface area contributed by atoms with Gasteiger partial charge in [0.25, 0.3) is 0 Å². The largest absolute Gasteiger partial charge is 0.469 e. The van der Waals surface area contributed by atoms with Crippen molar-refractivity contribution in [1.29, 1.82) is 0 Å². The van der Waals surface area contributed by atoms with Crippen molar-refractivity contribution in [2.45, 2.75) is 25.4 Å². The first-order valence-electron chi connectivity index (χ1n) is 11.1. The highest BCUT2D eigenvalue weighted by Gasteiger charge is 2.24. The molecule has 0 saturated carbocycles. The number of nitrogens with zero attached hydrogens (tertiary/aromatic N) is 3. The summed E-state index contributed by atoms with van der Waals surface area (Å²) in [6.07, 6.45) is 0.0667. The number of benzene rings is 2. The summed E-state index contributed by atoms with van der Waals surface area (Å²) in [4.78, 5) is 29.8. The van der Waals surface area contributed by atoms with Crippen LogP contribution in [0.25, 0.3) is 22.2 Å². The molecule has 0 bridgehead atoms. The van der Waals surface area contributed by atoms with Gasteiger partial charge in [0, 0.05) is 52.5 Å². The van der Waals surface area contributed by atoms with Gasteiger partial charge >= 0.3 is 5.97 Å². The molecule has 34 heavy (non-hydrogen) atoms. The van der Waals surface area contributed by atoms with Crippen molar-refractivity contribution in [2.75, 3.05) is 33.4 Å². The maximum Gasteiger partial charge on any atom is 0.305 e. The molecule has 0 spiro atoms. The minimum Gasteiger partial charge on any atom is -0.469 e. The van der Waals surface area contributed by atoms with Gasteiger partial charge in [-0.1, -0.05) is 41.9 Å². The molecule has 0 N–H and O–H groups in total. The van der Waals surface area contributed by atoms with Crippen LogP contribution in [0, 0.1) is 10.1 Å². The highest BCUT2D eigenvalue weighted by molar-refractivity contribution is 6.31. The van der Waals surface area contributed by atoms with Crippen LogP contribution in [0.4, 0.5) is 0 Å². The molecule has 1 unspecified atom stereocenters. The third kappa shape index (κ3) is 5.70. The smallest absolute Gasteiger partial charge is 0.305 e. The molecule has 1 atom stereocenters. The lowest BCUT2D eigenvalue weighted by molar-refractivity contribution is -0.529. The number of fused-ring (bicyclic) bond motifs is 1. The Labute approximate surface area is 202 Å². The molecule has 1 fully saturated rings. The number of esters is 1. The second-order valence-corrected chi connectivity index (χ2v) is 8.69. The highest BCUT2D eigenvalue weighted by atomic mass is 35.5. The fourth-order valence-corrected chi connectivity index (χ4v) is 4.35. The molecule has 4 rings (SSSR count). The van der Waals surface area contributed by atoms with Crippen LogP contribution in [0.15, 0.2) is 48.5 Å². The van der Waals surface area contributed by atoms with Gasteiger partial charge in [-0.15, -0.1) is 0 Å². The number of halogens is 1. The van der Waals surface area contributed by atoms with E-state index in [1.54, 1.807) is 12.1 Å². The lowest BCUT2D eigenvalue weighted by Crippen LogP contribution is -2.35. The molecule has 8 nitrogen and oxygen atoms in total. The van der Waals surface area contributed by atoms with Crippen molar-refractivity contribution < 1.29 is 19.2 Å². The summed E-state index contributed by atoms with van der Waals surface area (Å²) in [5.74, 6) is -0.463. The van der Waals surface area contributed by atoms with E-state index in [9.17, 15) is 14.9 Å². The van der Waals surface area contributed by atoms with Crippen LogP contribution in [-0.4, -0.2) is 54.2 Å². The number of morpholine rings is 1. The summed E-state index contributed by atoms with van der Waals surface area (Å²) in [6, 6.07) is 13.9. The number of carbonyl (C=O) groups is 1. The zero-order valence-electron chi connectivity index (χ0n) is 18.9. The summed E-state index contributed by atoms with van der Waals surface area (Å²) in [6.45, 7) is 3.95. The average molecular weight is 484 g/mol. The standard InChI is InChI=1S/C25H26ClN3O5/c1-33-25(30)9-8-24(29(31)32)18-4-2-17(3-5-18)22-14-19(16-28-10-12-34-13-11-28)21-7-6-20(26)15-23(21)27-22/h2-7,14-15,24H,8-13,16H2,1H3. The first-order chi connectivity index (χ1) is 16.4. The molecule has 2 aromatic carbocycles. The van der Waals surface area contributed by atoms with Crippen molar-refractivity contribution >= 4 is 28.5 Å². The number of rotatable bonds is 8. The first kappa shape index (κ1) is 24.1. The van der Waals surface area contributed by atoms with Gasteiger partial charge in [0.2, 0.25) is 6.04 Å². The second kappa shape index (κ2) is 10.9. The summed E-state index contributed by atoms with van der Waals surface area (Å²) < 4.78 is 10.1. The van der Waals surface area contributed by atoms with E-state index in [1.165, 1.54) is 7.11 Å². The molecule has 1 aliphatic rings. The average Bonchev–Trinajstić information content (AvgIpc) is 2.84. The van der Waals surface area contributed by atoms with E-state index >= 15 is 0 Å². The molecule has 178 valence electrons. The molecule has 1 saturated heterocycles. The molecular formula is C25H26ClN3O5. The van der Waals surface area contributed by atoms with Crippen LogP contribution in [0.5, 0.6) is 0 Å². The molecule has 1 aliphatic heterocycles. The molecule has 2 heterocycles. The molecule has 0 radical (unpaired) electrons. The lowest BCUT2D eigenvalue weighted by atomic mass is 9.99. The van der Waals surface area contributed by atoms with Gasteiger partial charge in [-0.2, -0.15) is 0 Å². The maximum absolute atomic E-state index is 11.6. The zero-order valence-corrected chi connectivity index (χ0v) is 19.7. The van der Waals surface area contributed by atoms with Crippen molar-refractivity contribution in [3.05, 3.63) is 74.8 Å². The van der Waals surface area contributed by atoms with Gasteiger partial charge in [-0.3, -0.25) is 19.8 Å². The Kier molecular flexibility index (Phi) is 7.72. The number of hydrogen-bond donors (Lipinski definition) is 0. The van der Waals surface area contributed by atoms with E-state index < -0.39 is 12.0 Å². The van der Waals surface area contributed by atoms with E-state index in [-0.39, 0.29) is 17.8 Å². The molecule has 9 heteroatoms. The molecule has 0 aliphatic carbocycles. The topological polar surface area (TPSA) is 94.8 Å². The molecule has 1 aromatic heterocycles. The van der Waals surface area contributed by atoms with Crippen LogP contribution in [0.3, 0.4) is 0 Å². The summed E-state index contributed by atoms with van der Waals surface area (Å²) >= 11 is 6.25. The van der Waals surface area contributed by atoms with Gasteiger partial charge in [-0.05, 0) is 23.8 Å². The van der Waals surface area contributed by atoms with Crippen molar-refractivity contribution in [3.8, 4) is 11.3 Å². The van der Waals surface area contributed by atoms with E-state index in [0.717, 1.165) is 60.6 Å². The Balaban J connectivity index is 1.64. The highest BCUT2D eigenvalue weighted by Crippen LogP contribution is 2.30. The number of ether oxygens (including phenoxy) is 2. The Hall–Kier alpha value is -3.07. The number of hydrogen-bond acceptors (Lipinski definition) is 7. The SMILES string of the molecule is COC(=O)CCC(c1ccc(-c2cc(CN3CCOCC3)c3ccc(Cl)cc3n2)cc1)[N+](=O)[O-]. The number of carbonyl (C=O) groups excluding carboxylic acids is 1. The third-order valence-electron chi connectivity index (χ3n) is 6.05. The maximum atomic E-state index is 11.6. The summed E-state index contributed by atoms with van der Waals surface area (Å²) in [5.41, 5.74) is 4.11.